The lowest BCUT2D eigenvalue weighted by Gasteiger charge is -2.27. The second-order valence-electron chi connectivity index (χ2n) is 13.1. The zero-order valence-electron chi connectivity index (χ0n) is 32.3. The zero-order valence-corrected chi connectivity index (χ0v) is 32.3. The minimum atomic E-state index is -1.10. The highest BCUT2D eigenvalue weighted by molar-refractivity contribution is 5.91. The van der Waals surface area contributed by atoms with Gasteiger partial charge < -0.3 is 40.2 Å². The minimum absolute atomic E-state index is 0.0198. The average molecular weight is 751 g/mol. The molecule has 0 aliphatic carbocycles. The number of amides is 4. The van der Waals surface area contributed by atoms with Crippen LogP contribution in [0.3, 0.4) is 0 Å². The number of methoxy groups -OCH3 is 2. The number of carbonyl (C=O) groups excluding carboxylic acids is 6. The molecule has 2 aromatic carbocycles. The van der Waals surface area contributed by atoms with Gasteiger partial charge in [0.15, 0.2) is 0 Å². The van der Waals surface area contributed by atoms with Crippen LogP contribution in [0.4, 0.5) is 0 Å². The number of rotatable bonds is 21. The van der Waals surface area contributed by atoms with Crippen molar-refractivity contribution >= 4 is 47.7 Å². The fraction of sp³-hybridized carbons (Fsp3) is 0.450. The molecule has 1 unspecified atom stereocenters. The van der Waals surface area contributed by atoms with Crippen LogP contribution in [0.5, 0.6) is 0 Å². The van der Waals surface area contributed by atoms with Crippen LogP contribution in [0.25, 0.3) is 12.2 Å². The predicted octanol–water partition coefficient (Wildman–Crippen LogP) is 3.08. The Morgan fingerprint density at radius 3 is 1.17 bits per heavy atom. The van der Waals surface area contributed by atoms with Crippen molar-refractivity contribution in [1.29, 1.82) is 0 Å². The molecule has 2 rings (SSSR count). The van der Waals surface area contributed by atoms with Crippen LogP contribution in [0.2, 0.25) is 0 Å². The van der Waals surface area contributed by atoms with Crippen molar-refractivity contribution < 1.29 is 47.7 Å². The van der Waals surface area contributed by atoms with Crippen molar-refractivity contribution in [1.82, 2.24) is 21.3 Å². The van der Waals surface area contributed by atoms with Crippen molar-refractivity contribution in [3.63, 3.8) is 0 Å². The van der Waals surface area contributed by atoms with Crippen LogP contribution in [-0.4, -0.2) is 88.2 Å². The predicted molar refractivity (Wildman–Crippen MR) is 203 cm³/mol. The highest BCUT2D eigenvalue weighted by Gasteiger charge is 2.32. The maximum Gasteiger partial charge on any atom is 0.330 e. The van der Waals surface area contributed by atoms with E-state index in [9.17, 15) is 28.8 Å². The molecule has 0 saturated carbocycles. The third-order valence-corrected chi connectivity index (χ3v) is 8.35. The number of nitrogens with one attached hydrogen (secondary N) is 4. The van der Waals surface area contributed by atoms with Gasteiger partial charge in [0.05, 0.1) is 27.4 Å². The minimum Gasteiger partial charge on any atom is -0.466 e. The van der Waals surface area contributed by atoms with E-state index in [-0.39, 0.29) is 49.7 Å². The number of benzene rings is 2. The highest BCUT2D eigenvalue weighted by atomic mass is 16.5. The first-order chi connectivity index (χ1) is 25.7. The molecule has 4 amide bonds. The summed E-state index contributed by atoms with van der Waals surface area (Å²) in [6.07, 6.45) is 3.65. The van der Waals surface area contributed by atoms with E-state index in [2.05, 4.69) is 30.7 Å². The van der Waals surface area contributed by atoms with Crippen LogP contribution in [-0.2, 0) is 60.9 Å². The summed E-state index contributed by atoms with van der Waals surface area (Å²) < 4.78 is 21.5. The lowest BCUT2D eigenvalue weighted by Crippen LogP contribution is -2.53. The zero-order chi connectivity index (χ0) is 40.2. The summed E-state index contributed by atoms with van der Waals surface area (Å²) >= 11 is 0. The fourth-order valence-electron chi connectivity index (χ4n) is 5.06. The fourth-order valence-corrected chi connectivity index (χ4v) is 5.06. The van der Waals surface area contributed by atoms with E-state index < -0.39 is 48.0 Å². The first kappa shape index (κ1) is 44.8. The molecule has 0 aliphatic heterocycles. The lowest BCUT2D eigenvalue weighted by atomic mass is 10.0. The van der Waals surface area contributed by atoms with Gasteiger partial charge in [0.1, 0.15) is 24.3 Å². The molecule has 0 saturated heterocycles. The summed E-state index contributed by atoms with van der Waals surface area (Å²) in [6.45, 7) is 7.26. The third kappa shape index (κ3) is 15.3. The number of esters is 2. The SMILES string of the molecule is CNC(=O)C(NC(=O)[C@@H](CC[C@@H](OCc1ccc(/C=C/C(=O)OC)cc1)C(=O)N[C@H](C(=O)NC)C(C)C)OCc1ccc(/C=C/C(=O)OC)cc1)C(C)C. The molecular weight excluding hydrogens is 696 g/mol. The molecule has 4 N–H and O–H groups in total. The van der Waals surface area contributed by atoms with Crippen molar-refractivity contribution in [3.05, 3.63) is 82.9 Å². The number of hydrogen-bond acceptors (Lipinski definition) is 10. The van der Waals surface area contributed by atoms with Gasteiger partial charge in [0.2, 0.25) is 23.6 Å². The molecule has 0 bridgehead atoms. The summed E-state index contributed by atoms with van der Waals surface area (Å²) in [5.74, 6) is -3.27. The third-order valence-electron chi connectivity index (χ3n) is 8.35. The Hall–Kier alpha value is -5.34. The molecule has 4 atom stereocenters. The highest BCUT2D eigenvalue weighted by Crippen LogP contribution is 2.17. The van der Waals surface area contributed by atoms with Gasteiger partial charge in [-0.3, -0.25) is 19.2 Å². The van der Waals surface area contributed by atoms with Gasteiger partial charge in [-0.25, -0.2) is 9.59 Å². The maximum absolute atomic E-state index is 13.7. The Bertz CT molecular complexity index is 1480. The van der Waals surface area contributed by atoms with Gasteiger partial charge in [-0.05, 0) is 59.1 Å². The topological polar surface area (TPSA) is 187 Å². The summed E-state index contributed by atoms with van der Waals surface area (Å²) in [6, 6.07) is 12.6. The van der Waals surface area contributed by atoms with Crippen LogP contribution in [0.1, 0.15) is 62.8 Å². The van der Waals surface area contributed by atoms with E-state index in [1.54, 1.807) is 88.4 Å². The van der Waals surface area contributed by atoms with Crippen LogP contribution in [0.15, 0.2) is 60.7 Å². The van der Waals surface area contributed by atoms with Crippen LogP contribution >= 0.6 is 0 Å². The summed E-state index contributed by atoms with van der Waals surface area (Å²) in [4.78, 5) is 75.6. The van der Waals surface area contributed by atoms with E-state index in [0.717, 1.165) is 22.3 Å². The molecule has 2 aromatic rings. The standard InChI is InChI=1S/C40H54N4O10/c1-25(2)35(39(49)41-5)43-37(47)31(53-23-29-13-9-27(10-14-29)17-21-33(45)51-7)19-20-32(38(48)44-36(26(3)4)40(50)42-6)54-24-30-15-11-28(12-16-30)18-22-34(46)52-8/h9-18,21-22,25-26,31-32,35-36H,19-20,23-24H2,1-8H3,(H,41,49)(H,42,50)(H,43,47)(H,44,48)/b21-17+,22-18+/t31-,32-,35+,36?/m1/s1. The van der Waals surface area contributed by atoms with Gasteiger partial charge in [0.25, 0.3) is 0 Å². The van der Waals surface area contributed by atoms with Crippen molar-refractivity contribution in [3.8, 4) is 0 Å². The summed E-state index contributed by atoms with van der Waals surface area (Å²) in [7, 11) is 5.55. The Morgan fingerprint density at radius 1 is 0.556 bits per heavy atom. The molecule has 0 aliphatic rings. The van der Waals surface area contributed by atoms with Crippen LogP contribution in [0, 0.1) is 11.8 Å². The summed E-state index contributed by atoms with van der Waals surface area (Å²) in [5.41, 5.74) is 2.96. The van der Waals surface area contributed by atoms with Gasteiger partial charge >= 0.3 is 11.9 Å². The summed E-state index contributed by atoms with van der Waals surface area (Å²) in [5, 5.41) is 10.7. The van der Waals surface area contributed by atoms with Gasteiger partial charge in [0, 0.05) is 26.2 Å². The van der Waals surface area contributed by atoms with Gasteiger partial charge in [-0.1, -0.05) is 76.2 Å². The number of ether oxygens (including phenoxy) is 4. The van der Waals surface area contributed by atoms with E-state index in [4.69, 9.17) is 9.47 Å². The molecular formula is C40H54N4O10. The quantitative estimate of drug-likeness (QED) is 0.109. The van der Waals surface area contributed by atoms with Gasteiger partial charge in [-0.2, -0.15) is 0 Å². The molecule has 54 heavy (non-hydrogen) atoms. The lowest BCUT2D eigenvalue weighted by molar-refractivity contribution is -0.142. The molecule has 14 heteroatoms. The van der Waals surface area contributed by atoms with E-state index in [0.29, 0.717) is 0 Å². The second kappa shape index (κ2) is 23.4. The Morgan fingerprint density at radius 2 is 0.889 bits per heavy atom. The first-order valence-corrected chi connectivity index (χ1v) is 17.7. The normalized spacial score (nSPS) is 13.6. The molecule has 0 heterocycles. The first-order valence-electron chi connectivity index (χ1n) is 17.7. The van der Waals surface area contributed by atoms with E-state index in [1.165, 1.54) is 40.5 Å². The monoisotopic (exact) mass is 750 g/mol. The second-order valence-corrected chi connectivity index (χ2v) is 13.1. The Balaban J connectivity index is 2.35. The van der Waals surface area contributed by atoms with E-state index in [1.807, 2.05) is 0 Å². The van der Waals surface area contributed by atoms with Gasteiger partial charge in [-0.15, -0.1) is 0 Å². The van der Waals surface area contributed by atoms with Crippen LogP contribution < -0.4 is 21.3 Å². The molecule has 0 fully saturated rings. The maximum atomic E-state index is 13.7. The van der Waals surface area contributed by atoms with Crippen molar-refractivity contribution in [2.75, 3.05) is 28.3 Å². The number of carbonyl (C=O) groups is 6. The molecule has 294 valence electrons. The van der Waals surface area contributed by atoms with E-state index >= 15 is 0 Å². The average Bonchev–Trinajstić information content (AvgIpc) is 3.17. The Labute approximate surface area is 317 Å². The number of likely N-dealkylation sites (N-methyl/N-ethyl adjacent to an activating group) is 2. The molecule has 0 radical (unpaired) electrons. The molecule has 0 spiro atoms. The largest absolute Gasteiger partial charge is 0.466 e. The Kier molecular flexibility index (Phi) is 19.4. The molecule has 14 nitrogen and oxygen atoms in total. The number of hydrogen-bond donors (Lipinski definition) is 4. The van der Waals surface area contributed by atoms with Crippen molar-refractivity contribution in [2.45, 2.75) is 78.0 Å². The smallest absolute Gasteiger partial charge is 0.330 e. The molecule has 0 aromatic heterocycles. The van der Waals surface area contributed by atoms with Crippen molar-refractivity contribution in [2.24, 2.45) is 11.8 Å².